The normalized spacial score (nSPS) is 17.7. The van der Waals surface area contributed by atoms with E-state index in [1.807, 2.05) is 9.58 Å². The molecule has 0 bridgehead atoms. The predicted octanol–water partition coefficient (Wildman–Crippen LogP) is 3.39. The highest BCUT2D eigenvalue weighted by Gasteiger charge is 2.31. The third-order valence-electron chi connectivity index (χ3n) is 7.02. The Kier molecular flexibility index (Phi) is 5.14. The molecule has 0 spiro atoms. The van der Waals surface area contributed by atoms with Crippen LogP contribution < -0.4 is 4.74 Å². The lowest BCUT2D eigenvalue weighted by Gasteiger charge is -2.34. The van der Waals surface area contributed by atoms with Crippen molar-refractivity contribution in [1.29, 1.82) is 0 Å². The Morgan fingerprint density at radius 1 is 1.00 bits per heavy atom. The molecule has 1 aliphatic carbocycles. The lowest BCUT2D eigenvalue weighted by Crippen LogP contribution is -2.48. The molecule has 0 radical (unpaired) electrons. The van der Waals surface area contributed by atoms with Crippen molar-refractivity contribution in [1.82, 2.24) is 19.6 Å². The van der Waals surface area contributed by atoms with E-state index < -0.39 is 0 Å². The van der Waals surface area contributed by atoms with E-state index in [0.29, 0.717) is 18.8 Å². The summed E-state index contributed by atoms with van der Waals surface area (Å²) in [6.07, 6.45) is 3.78. The van der Waals surface area contributed by atoms with Gasteiger partial charge in [-0.15, -0.1) is 0 Å². The number of nitrogens with zero attached hydrogens (tertiary/aromatic N) is 4. The van der Waals surface area contributed by atoms with Crippen LogP contribution in [-0.2, 0) is 25.8 Å². The number of aromatic nitrogens is 2. The molecule has 2 aliphatic heterocycles. The van der Waals surface area contributed by atoms with Crippen molar-refractivity contribution in [3.8, 4) is 11.4 Å². The molecule has 0 unspecified atom stereocenters. The molecule has 1 saturated heterocycles. The minimum atomic E-state index is -0.273. The first kappa shape index (κ1) is 20.4. The van der Waals surface area contributed by atoms with E-state index in [4.69, 9.17) is 9.84 Å². The number of carbonyl (C=O) groups is 1. The van der Waals surface area contributed by atoms with Crippen LogP contribution >= 0.6 is 0 Å². The first-order valence-corrected chi connectivity index (χ1v) is 11.8. The van der Waals surface area contributed by atoms with E-state index in [0.717, 1.165) is 74.6 Å². The molecule has 6 rings (SSSR count). The van der Waals surface area contributed by atoms with E-state index in [1.165, 1.54) is 23.3 Å². The fourth-order valence-corrected chi connectivity index (χ4v) is 5.26. The molecule has 3 aromatic rings. The summed E-state index contributed by atoms with van der Waals surface area (Å²) in [5.74, 6) is 0.759. The Morgan fingerprint density at radius 3 is 2.64 bits per heavy atom. The molecule has 0 saturated carbocycles. The molecule has 3 heterocycles. The topological polar surface area (TPSA) is 50.6 Å². The molecule has 0 N–H and O–H groups in total. The Labute approximate surface area is 192 Å². The largest absolute Gasteiger partial charge is 0.493 e. The molecule has 1 amide bonds. The molecule has 1 fully saturated rings. The molecule has 0 atom stereocenters. The SMILES string of the molecule is O=C(c1nn(-c2ccc(F)cc2)c2c1CCC2)N1CCN(Cc2ccc3c(c2)CCO3)CC1. The van der Waals surface area contributed by atoms with Crippen molar-refractivity contribution in [2.24, 2.45) is 0 Å². The van der Waals surface area contributed by atoms with Gasteiger partial charge in [-0.1, -0.05) is 12.1 Å². The summed E-state index contributed by atoms with van der Waals surface area (Å²) in [5, 5.41) is 4.70. The lowest BCUT2D eigenvalue weighted by atomic mass is 10.1. The van der Waals surface area contributed by atoms with Gasteiger partial charge in [0.25, 0.3) is 5.91 Å². The third-order valence-corrected chi connectivity index (χ3v) is 7.02. The highest BCUT2D eigenvalue weighted by atomic mass is 19.1. The van der Waals surface area contributed by atoms with Gasteiger partial charge in [0.15, 0.2) is 5.69 Å². The number of ether oxygens (including phenoxy) is 1. The summed E-state index contributed by atoms with van der Waals surface area (Å²) in [7, 11) is 0. The van der Waals surface area contributed by atoms with Gasteiger partial charge in [0, 0.05) is 50.4 Å². The number of hydrogen-bond acceptors (Lipinski definition) is 4. The Morgan fingerprint density at radius 2 is 1.82 bits per heavy atom. The molecule has 33 heavy (non-hydrogen) atoms. The van der Waals surface area contributed by atoms with Crippen LogP contribution in [0.3, 0.4) is 0 Å². The average Bonchev–Trinajstić information content (AvgIpc) is 3.56. The van der Waals surface area contributed by atoms with E-state index in [-0.39, 0.29) is 11.7 Å². The second-order valence-corrected chi connectivity index (χ2v) is 9.12. The highest BCUT2D eigenvalue weighted by molar-refractivity contribution is 5.94. The summed E-state index contributed by atoms with van der Waals surface area (Å²) in [6.45, 7) is 4.76. The van der Waals surface area contributed by atoms with Crippen molar-refractivity contribution in [2.45, 2.75) is 32.2 Å². The standard InChI is InChI=1S/C26H27FN4O2/c27-20-5-7-21(8-6-20)31-23-3-1-2-22(23)25(28-31)26(32)30-13-11-29(12-14-30)17-18-4-9-24-19(16-18)10-15-33-24/h4-9,16H,1-3,10-15,17H2. The summed E-state index contributed by atoms with van der Waals surface area (Å²) < 4.78 is 20.8. The number of piperazine rings is 1. The van der Waals surface area contributed by atoms with Crippen LogP contribution in [0.2, 0.25) is 0 Å². The number of amides is 1. The first-order valence-electron chi connectivity index (χ1n) is 11.8. The van der Waals surface area contributed by atoms with Gasteiger partial charge in [-0.05, 0) is 60.7 Å². The third kappa shape index (κ3) is 3.80. The maximum absolute atomic E-state index is 13.4. The van der Waals surface area contributed by atoms with Gasteiger partial charge in [0.2, 0.25) is 0 Å². The first-order chi connectivity index (χ1) is 16.2. The zero-order valence-corrected chi connectivity index (χ0v) is 18.6. The number of rotatable bonds is 4. The smallest absolute Gasteiger partial charge is 0.274 e. The summed E-state index contributed by atoms with van der Waals surface area (Å²) in [5.41, 5.74) is 6.12. The van der Waals surface area contributed by atoms with Crippen LogP contribution in [0.5, 0.6) is 5.75 Å². The van der Waals surface area contributed by atoms with Gasteiger partial charge in [-0.3, -0.25) is 9.69 Å². The zero-order valence-electron chi connectivity index (χ0n) is 18.6. The maximum atomic E-state index is 13.4. The van der Waals surface area contributed by atoms with E-state index in [2.05, 4.69) is 23.1 Å². The van der Waals surface area contributed by atoms with Gasteiger partial charge in [-0.25, -0.2) is 9.07 Å². The second-order valence-electron chi connectivity index (χ2n) is 9.12. The monoisotopic (exact) mass is 446 g/mol. The quantitative estimate of drug-likeness (QED) is 0.617. The fraction of sp³-hybridized carbons (Fsp3) is 0.385. The molecular formula is C26H27FN4O2. The summed E-state index contributed by atoms with van der Waals surface area (Å²) in [4.78, 5) is 17.7. The van der Waals surface area contributed by atoms with E-state index >= 15 is 0 Å². The van der Waals surface area contributed by atoms with Gasteiger partial charge in [0.1, 0.15) is 11.6 Å². The van der Waals surface area contributed by atoms with Crippen LogP contribution in [0.25, 0.3) is 5.69 Å². The van der Waals surface area contributed by atoms with E-state index in [9.17, 15) is 9.18 Å². The molecule has 1 aromatic heterocycles. The Bertz CT molecular complexity index is 1200. The summed E-state index contributed by atoms with van der Waals surface area (Å²) in [6, 6.07) is 12.8. The molecule has 3 aliphatic rings. The highest BCUT2D eigenvalue weighted by Crippen LogP contribution is 2.29. The maximum Gasteiger partial charge on any atom is 0.274 e. The lowest BCUT2D eigenvalue weighted by molar-refractivity contribution is 0.0621. The molecular weight excluding hydrogens is 419 g/mol. The van der Waals surface area contributed by atoms with Crippen molar-refractivity contribution in [2.75, 3.05) is 32.8 Å². The van der Waals surface area contributed by atoms with Crippen molar-refractivity contribution >= 4 is 5.91 Å². The molecule has 170 valence electrons. The van der Waals surface area contributed by atoms with Crippen LogP contribution in [0, 0.1) is 5.82 Å². The van der Waals surface area contributed by atoms with Gasteiger partial charge in [-0.2, -0.15) is 5.10 Å². The average molecular weight is 447 g/mol. The van der Waals surface area contributed by atoms with Gasteiger partial charge in [0.05, 0.1) is 12.3 Å². The molecule has 7 heteroatoms. The van der Waals surface area contributed by atoms with E-state index in [1.54, 1.807) is 12.1 Å². The Hall–Kier alpha value is -3.19. The zero-order chi connectivity index (χ0) is 22.4. The minimum absolute atomic E-state index is 0.0170. The van der Waals surface area contributed by atoms with Crippen LogP contribution in [0.1, 0.15) is 39.3 Å². The second kappa shape index (κ2) is 8.30. The molecule has 2 aromatic carbocycles. The number of halogens is 1. The van der Waals surface area contributed by atoms with Crippen molar-refractivity contribution in [3.05, 3.63) is 76.4 Å². The number of carbonyl (C=O) groups excluding carboxylic acids is 1. The Balaban J connectivity index is 1.15. The van der Waals surface area contributed by atoms with Crippen LogP contribution in [0.15, 0.2) is 42.5 Å². The van der Waals surface area contributed by atoms with Gasteiger partial charge >= 0.3 is 0 Å². The summed E-state index contributed by atoms with van der Waals surface area (Å²) >= 11 is 0. The van der Waals surface area contributed by atoms with Crippen molar-refractivity contribution in [3.63, 3.8) is 0 Å². The molecule has 6 nitrogen and oxygen atoms in total. The number of fused-ring (bicyclic) bond motifs is 2. The minimum Gasteiger partial charge on any atom is -0.493 e. The predicted molar refractivity (Wildman–Crippen MR) is 122 cm³/mol. The van der Waals surface area contributed by atoms with Crippen LogP contribution in [0.4, 0.5) is 4.39 Å². The fourth-order valence-electron chi connectivity index (χ4n) is 5.26. The van der Waals surface area contributed by atoms with Gasteiger partial charge < -0.3 is 9.64 Å². The van der Waals surface area contributed by atoms with Crippen LogP contribution in [-0.4, -0.2) is 58.3 Å². The number of benzene rings is 2. The number of hydrogen-bond donors (Lipinski definition) is 0. The van der Waals surface area contributed by atoms with Crippen molar-refractivity contribution < 1.29 is 13.9 Å².